The van der Waals surface area contributed by atoms with Gasteiger partial charge in [-0.05, 0) is 68.3 Å². The van der Waals surface area contributed by atoms with E-state index >= 15 is 0 Å². The van der Waals surface area contributed by atoms with Crippen molar-refractivity contribution in [3.05, 3.63) is 65.2 Å². The molecule has 0 spiro atoms. The van der Waals surface area contributed by atoms with Gasteiger partial charge in [0.05, 0.1) is 19.4 Å². The summed E-state index contributed by atoms with van der Waals surface area (Å²) in [7, 11) is 0. The fourth-order valence-electron chi connectivity index (χ4n) is 3.17. The first-order chi connectivity index (χ1) is 15.8. The van der Waals surface area contributed by atoms with Gasteiger partial charge in [-0.1, -0.05) is 12.1 Å². The molecule has 0 saturated carbocycles. The highest BCUT2D eigenvalue weighted by atomic mass is 16.6. The average Bonchev–Trinajstić information content (AvgIpc) is 2.78. The predicted molar refractivity (Wildman–Crippen MR) is 125 cm³/mol. The van der Waals surface area contributed by atoms with Crippen molar-refractivity contribution in [2.45, 2.75) is 32.9 Å². The van der Waals surface area contributed by atoms with Gasteiger partial charge < -0.3 is 14.2 Å². The zero-order chi connectivity index (χ0) is 23.7. The van der Waals surface area contributed by atoms with Crippen molar-refractivity contribution in [1.82, 2.24) is 10.3 Å². The predicted octanol–water partition coefficient (Wildman–Crippen LogP) is 3.00. The molecule has 176 valence electrons. The van der Waals surface area contributed by atoms with Gasteiger partial charge in [0.2, 0.25) is 0 Å². The van der Waals surface area contributed by atoms with Gasteiger partial charge in [0, 0.05) is 25.2 Å². The summed E-state index contributed by atoms with van der Waals surface area (Å²) in [5.74, 6) is -0.161. The lowest BCUT2D eigenvalue weighted by molar-refractivity contribution is -0.157. The Bertz CT molecular complexity index is 944. The number of carbonyl (C=O) groups is 2. The Labute approximate surface area is 194 Å². The van der Waals surface area contributed by atoms with Crippen LogP contribution >= 0.6 is 0 Å². The largest absolute Gasteiger partial charge is 0.482 e. The minimum Gasteiger partial charge on any atom is -0.482 e. The third-order valence-corrected chi connectivity index (χ3v) is 4.76. The van der Waals surface area contributed by atoms with Gasteiger partial charge in [0.15, 0.2) is 6.61 Å². The number of rotatable bonds is 8. The number of nitrogens with zero attached hydrogens (tertiary/aromatic N) is 2. The third kappa shape index (κ3) is 8.67. The maximum atomic E-state index is 12.3. The van der Waals surface area contributed by atoms with E-state index in [1.807, 2.05) is 12.1 Å². The summed E-state index contributed by atoms with van der Waals surface area (Å²) >= 11 is 0. The number of hydrogen-bond donors (Lipinski definition) is 1. The van der Waals surface area contributed by atoms with Crippen LogP contribution in [0, 0.1) is 0 Å². The fourth-order valence-corrected chi connectivity index (χ4v) is 3.17. The maximum Gasteiger partial charge on any atom is 0.344 e. The van der Waals surface area contributed by atoms with Crippen molar-refractivity contribution < 1.29 is 23.8 Å². The molecule has 3 rings (SSSR count). The molecule has 1 aliphatic heterocycles. The number of carbonyl (C=O) groups excluding carboxylic acids is 2. The van der Waals surface area contributed by atoms with Crippen LogP contribution in [0.5, 0.6) is 5.75 Å². The summed E-state index contributed by atoms with van der Waals surface area (Å²) in [6.45, 7) is 9.48. The van der Waals surface area contributed by atoms with Gasteiger partial charge in [-0.15, -0.1) is 0 Å². The fraction of sp³-hybridized carbons (Fsp3) is 0.400. The van der Waals surface area contributed by atoms with Gasteiger partial charge in [-0.25, -0.2) is 10.2 Å². The van der Waals surface area contributed by atoms with E-state index in [1.165, 1.54) is 0 Å². The molecule has 0 atom stereocenters. The van der Waals surface area contributed by atoms with Crippen LogP contribution in [0.2, 0.25) is 0 Å². The molecule has 1 N–H and O–H groups in total. The molecular weight excluding hydrogens is 422 g/mol. The molecule has 8 heteroatoms. The number of amides is 1. The van der Waals surface area contributed by atoms with Crippen LogP contribution in [0.15, 0.2) is 53.6 Å². The number of ether oxygens (including phenoxy) is 3. The van der Waals surface area contributed by atoms with E-state index in [0.29, 0.717) is 11.3 Å². The van der Waals surface area contributed by atoms with Crippen molar-refractivity contribution in [1.29, 1.82) is 0 Å². The molecule has 1 amide bonds. The van der Waals surface area contributed by atoms with Gasteiger partial charge in [0.25, 0.3) is 5.91 Å². The van der Waals surface area contributed by atoms with Crippen LogP contribution in [0.4, 0.5) is 0 Å². The minimum atomic E-state index is -0.545. The monoisotopic (exact) mass is 453 g/mol. The Morgan fingerprint density at radius 2 is 1.73 bits per heavy atom. The van der Waals surface area contributed by atoms with Crippen LogP contribution in [0.1, 0.15) is 42.3 Å². The second-order valence-electron chi connectivity index (χ2n) is 8.73. The van der Waals surface area contributed by atoms with Crippen molar-refractivity contribution in [3.8, 4) is 5.75 Å². The Kier molecular flexibility index (Phi) is 8.57. The van der Waals surface area contributed by atoms with E-state index in [2.05, 4.69) is 15.4 Å². The molecule has 0 radical (unpaired) electrons. The number of benzene rings is 2. The second kappa shape index (κ2) is 11.6. The van der Waals surface area contributed by atoms with E-state index in [0.717, 1.165) is 44.0 Å². The lowest BCUT2D eigenvalue weighted by Crippen LogP contribution is -2.35. The Hall–Kier alpha value is -3.23. The highest BCUT2D eigenvalue weighted by Gasteiger charge is 2.16. The lowest BCUT2D eigenvalue weighted by Gasteiger charge is -2.26. The third-order valence-electron chi connectivity index (χ3n) is 4.76. The first-order valence-electron chi connectivity index (χ1n) is 11.0. The summed E-state index contributed by atoms with van der Waals surface area (Å²) < 4.78 is 16.0. The topological polar surface area (TPSA) is 89.5 Å². The Balaban J connectivity index is 1.43. The van der Waals surface area contributed by atoms with E-state index in [1.54, 1.807) is 63.4 Å². The summed E-state index contributed by atoms with van der Waals surface area (Å²) in [5.41, 5.74) is 4.47. The van der Waals surface area contributed by atoms with Crippen molar-refractivity contribution in [2.75, 3.05) is 32.9 Å². The molecule has 2 aromatic rings. The summed E-state index contributed by atoms with van der Waals surface area (Å²) in [4.78, 5) is 26.4. The van der Waals surface area contributed by atoms with Gasteiger partial charge in [-0.3, -0.25) is 9.69 Å². The minimum absolute atomic E-state index is 0.161. The normalized spacial score (nSPS) is 14.8. The van der Waals surface area contributed by atoms with Crippen molar-refractivity contribution in [3.63, 3.8) is 0 Å². The van der Waals surface area contributed by atoms with Crippen molar-refractivity contribution in [2.24, 2.45) is 5.10 Å². The summed E-state index contributed by atoms with van der Waals surface area (Å²) in [6.07, 6.45) is 1.54. The molecule has 2 aromatic carbocycles. The molecule has 0 bridgehead atoms. The van der Waals surface area contributed by atoms with E-state index in [9.17, 15) is 9.59 Å². The highest BCUT2D eigenvalue weighted by Crippen LogP contribution is 2.13. The van der Waals surface area contributed by atoms with Crippen LogP contribution in [0.25, 0.3) is 0 Å². The quantitative estimate of drug-likeness (QED) is 0.376. The first-order valence-corrected chi connectivity index (χ1v) is 11.0. The van der Waals surface area contributed by atoms with Crippen LogP contribution in [0.3, 0.4) is 0 Å². The number of hydrazone groups is 1. The molecule has 33 heavy (non-hydrogen) atoms. The summed E-state index contributed by atoms with van der Waals surface area (Å²) in [5, 5.41) is 4.02. The lowest BCUT2D eigenvalue weighted by atomic mass is 10.1. The van der Waals surface area contributed by atoms with Gasteiger partial charge in [-0.2, -0.15) is 5.10 Å². The zero-order valence-electron chi connectivity index (χ0n) is 19.4. The number of hydrogen-bond acceptors (Lipinski definition) is 7. The summed E-state index contributed by atoms with van der Waals surface area (Å²) in [6, 6.07) is 14.5. The molecule has 1 saturated heterocycles. The molecule has 1 aliphatic rings. The van der Waals surface area contributed by atoms with Crippen LogP contribution in [-0.2, 0) is 20.8 Å². The molecular formula is C25H31N3O5. The maximum absolute atomic E-state index is 12.3. The molecule has 1 fully saturated rings. The second-order valence-corrected chi connectivity index (χ2v) is 8.73. The van der Waals surface area contributed by atoms with Gasteiger partial charge >= 0.3 is 5.97 Å². The van der Waals surface area contributed by atoms with E-state index in [4.69, 9.17) is 14.2 Å². The van der Waals surface area contributed by atoms with Crippen LogP contribution < -0.4 is 10.2 Å². The molecule has 1 heterocycles. The highest BCUT2D eigenvalue weighted by molar-refractivity contribution is 5.94. The van der Waals surface area contributed by atoms with Crippen molar-refractivity contribution >= 4 is 18.1 Å². The zero-order valence-corrected chi connectivity index (χ0v) is 19.4. The van der Waals surface area contributed by atoms with E-state index in [-0.39, 0.29) is 12.5 Å². The molecule has 0 aromatic heterocycles. The number of nitrogens with one attached hydrogen (secondary N) is 1. The number of esters is 1. The Morgan fingerprint density at radius 1 is 1.06 bits per heavy atom. The molecule has 8 nitrogen and oxygen atoms in total. The molecule has 0 aliphatic carbocycles. The smallest absolute Gasteiger partial charge is 0.344 e. The average molecular weight is 454 g/mol. The van der Waals surface area contributed by atoms with E-state index < -0.39 is 11.6 Å². The SMILES string of the molecule is CC(C)(C)OC(=O)COc1ccc(/C=N/NC(=O)c2ccc(CN3CCOCC3)cc2)cc1. The molecule has 0 unspecified atom stereocenters. The number of morpholine rings is 1. The van der Waals surface area contributed by atoms with Gasteiger partial charge in [0.1, 0.15) is 11.4 Å². The Morgan fingerprint density at radius 3 is 2.36 bits per heavy atom. The standard InChI is InChI=1S/C25H31N3O5/c1-25(2,3)33-23(29)18-32-22-10-6-19(7-11-22)16-26-27-24(30)21-8-4-20(5-9-21)17-28-12-14-31-15-13-28/h4-11,16H,12-15,17-18H2,1-3H3,(H,27,30)/b26-16+. The van der Waals surface area contributed by atoms with Crippen LogP contribution in [-0.4, -0.2) is 61.5 Å². The first kappa shape index (κ1) is 24.4.